The smallest absolute Gasteiger partial charge is 0.253 e. The van der Waals surface area contributed by atoms with Crippen LogP contribution >= 0.6 is 12.4 Å². The molecule has 1 fully saturated rings. The highest BCUT2D eigenvalue weighted by Crippen LogP contribution is 2.35. The van der Waals surface area contributed by atoms with Crippen molar-refractivity contribution < 1.29 is 23.8 Å². The first-order valence-electron chi connectivity index (χ1n) is 10.6. The molecule has 2 amide bonds. The molecule has 2 aromatic rings. The Kier molecular flexibility index (Phi) is 6.72. The van der Waals surface area contributed by atoms with E-state index in [1.54, 1.807) is 6.07 Å². The predicted octanol–water partition coefficient (Wildman–Crippen LogP) is 2.56. The molecule has 8 nitrogen and oxygen atoms in total. The second-order valence-electron chi connectivity index (χ2n) is 7.92. The Bertz CT molecular complexity index is 1010. The molecule has 0 spiro atoms. The molecular formula is C23H26ClN3O5. The number of hydrogen-bond donors (Lipinski definition) is 1. The number of carbonyl (C=O) groups is 2. The third-order valence-electron chi connectivity index (χ3n) is 5.93. The lowest BCUT2D eigenvalue weighted by atomic mass is 10.00. The molecule has 32 heavy (non-hydrogen) atoms. The van der Waals surface area contributed by atoms with Gasteiger partial charge in [0.1, 0.15) is 12.4 Å². The van der Waals surface area contributed by atoms with Crippen LogP contribution in [0.3, 0.4) is 0 Å². The van der Waals surface area contributed by atoms with Crippen molar-refractivity contribution >= 4 is 29.9 Å². The lowest BCUT2D eigenvalue weighted by Crippen LogP contribution is -2.49. The number of benzene rings is 2. The van der Waals surface area contributed by atoms with Crippen LogP contribution in [0.25, 0.3) is 0 Å². The molecule has 5 rings (SSSR count). The lowest BCUT2D eigenvalue weighted by Gasteiger charge is -2.34. The number of ether oxygens (including phenoxy) is 3. The summed E-state index contributed by atoms with van der Waals surface area (Å²) in [5.41, 5.74) is 2.54. The Balaban J connectivity index is 0.00000245. The number of fused-ring (bicyclic) bond motifs is 2. The number of nitrogens with one attached hydrogen (secondary N) is 1. The molecule has 0 atom stereocenters. The van der Waals surface area contributed by atoms with E-state index in [1.165, 1.54) is 0 Å². The second kappa shape index (κ2) is 9.67. The van der Waals surface area contributed by atoms with Crippen molar-refractivity contribution in [1.29, 1.82) is 0 Å². The Morgan fingerprint density at radius 3 is 2.66 bits per heavy atom. The molecule has 0 aliphatic carbocycles. The fourth-order valence-corrected chi connectivity index (χ4v) is 4.13. The summed E-state index contributed by atoms with van der Waals surface area (Å²) in [5.74, 6) is 2.31. The predicted molar refractivity (Wildman–Crippen MR) is 121 cm³/mol. The molecule has 170 valence electrons. The second-order valence-corrected chi connectivity index (χ2v) is 7.92. The van der Waals surface area contributed by atoms with E-state index < -0.39 is 0 Å². The minimum atomic E-state index is 0. The van der Waals surface area contributed by atoms with Gasteiger partial charge in [-0.2, -0.15) is 0 Å². The number of nitrogens with zero attached hydrogens (tertiary/aromatic N) is 2. The molecule has 1 N–H and O–H groups in total. The van der Waals surface area contributed by atoms with Crippen LogP contribution in [0.1, 0.15) is 22.3 Å². The summed E-state index contributed by atoms with van der Waals surface area (Å²) >= 11 is 0. The first-order chi connectivity index (χ1) is 15.2. The molecule has 3 aliphatic rings. The average Bonchev–Trinajstić information content (AvgIpc) is 3.27. The zero-order valence-electron chi connectivity index (χ0n) is 17.7. The van der Waals surface area contributed by atoms with Crippen LogP contribution in [-0.2, 0) is 11.2 Å². The van der Waals surface area contributed by atoms with Crippen LogP contribution in [0.4, 0.5) is 5.69 Å². The minimum Gasteiger partial charge on any atom is -0.492 e. The molecular weight excluding hydrogens is 434 g/mol. The van der Waals surface area contributed by atoms with E-state index in [-0.39, 0.29) is 31.0 Å². The van der Waals surface area contributed by atoms with Crippen LogP contribution < -0.4 is 19.5 Å². The molecule has 2 aromatic carbocycles. The topological polar surface area (TPSA) is 80.3 Å². The van der Waals surface area contributed by atoms with E-state index in [0.717, 1.165) is 42.4 Å². The maximum Gasteiger partial charge on any atom is 0.253 e. The number of piperazine rings is 1. The largest absolute Gasteiger partial charge is 0.492 e. The highest BCUT2D eigenvalue weighted by molar-refractivity contribution is 5.98. The summed E-state index contributed by atoms with van der Waals surface area (Å²) in [6, 6.07) is 11.2. The number of amides is 2. The van der Waals surface area contributed by atoms with E-state index in [9.17, 15) is 9.59 Å². The average molecular weight is 460 g/mol. The van der Waals surface area contributed by atoms with Crippen molar-refractivity contribution in [2.45, 2.75) is 12.8 Å². The van der Waals surface area contributed by atoms with Gasteiger partial charge in [-0.05, 0) is 42.3 Å². The monoisotopic (exact) mass is 459 g/mol. The van der Waals surface area contributed by atoms with E-state index in [0.29, 0.717) is 43.9 Å². The fourth-order valence-electron chi connectivity index (χ4n) is 4.13. The molecule has 0 saturated carbocycles. The molecule has 0 aromatic heterocycles. The quantitative estimate of drug-likeness (QED) is 0.740. The van der Waals surface area contributed by atoms with Gasteiger partial charge in [0.15, 0.2) is 11.5 Å². The molecule has 0 radical (unpaired) electrons. The van der Waals surface area contributed by atoms with E-state index in [4.69, 9.17) is 14.2 Å². The van der Waals surface area contributed by atoms with E-state index >= 15 is 0 Å². The Morgan fingerprint density at radius 2 is 1.81 bits per heavy atom. The van der Waals surface area contributed by atoms with Gasteiger partial charge in [-0.15, -0.1) is 12.4 Å². The van der Waals surface area contributed by atoms with Crippen LogP contribution in [0.2, 0.25) is 0 Å². The molecule has 3 heterocycles. The van der Waals surface area contributed by atoms with Gasteiger partial charge in [0.05, 0.1) is 0 Å². The van der Waals surface area contributed by atoms with Gasteiger partial charge < -0.3 is 24.4 Å². The van der Waals surface area contributed by atoms with Crippen LogP contribution in [0.15, 0.2) is 36.4 Å². The SMILES string of the molecule is Cl.O=C1CCc2cc(C(=O)N3CCN(CCOc4ccc5c(c4)OCO5)CC3)ccc2N1. The third kappa shape index (κ3) is 4.76. The maximum atomic E-state index is 12.9. The van der Waals surface area contributed by atoms with Crippen LogP contribution in [0, 0.1) is 0 Å². The summed E-state index contributed by atoms with van der Waals surface area (Å²) < 4.78 is 16.5. The summed E-state index contributed by atoms with van der Waals surface area (Å²) in [6.07, 6.45) is 1.15. The molecule has 1 saturated heterocycles. The number of rotatable bonds is 5. The van der Waals surface area contributed by atoms with Crippen LogP contribution in [0.5, 0.6) is 17.2 Å². The van der Waals surface area contributed by atoms with Crippen LogP contribution in [-0.4, -0.2) is 67.7 Å². The zero-order chi connectivity index (χ0) is 21.2. The van der Waals surface area contributed by atoms with Crippen molar-refractivity contribution in [2.24, 2.45) is 0 Å². The minimum absolute atomic E-state index is 0. The zero-order valence-corrected chi connectivity index (χ0v) is 18.5. The summed E-state index contributed by atoms with van der Waals surface area (Å²) in [6.45, 7) is 4.64. The number of halogens is 1. The van der Waals surface area contributed by atoms with Gasteiger partial charge in [-0.25, -0.2) is 0 Å². The third-order valence-corrected chi connectivity index (χ3v) is 5.93. The summed E-state index contributed by atoms with van der Waals surface area (Å²) in [5, 5.41) is 2.86. The van der Waals surface area contributed by atoms with Crippen molar-refractivity contribution in [3.8, 4) is 17.2 Å². The highest BCUT2D eigenvalue weighted by atomic mass is 35.5. The molecule has 0 unspecified atom stereocenters. The van der Waals surface area contributed by atoms with Gasteiger partial charge in [0.2, 0.25) is 12.7 Å². The fraction of sp³-hybridized carbons (Fsp3) is 0.391. The van der Waals surface area contributed by atoms with Crippen molar-refractivity contribution in [2.75, 3.05) is 51.4 Å². The standard InChI is InChI=1S/C23H25N3O5.ClH/c27-22-6-2-16-13-17(1-4-19(16)24-22)23(28)26-9-7-25(8-10-26)11-12-29-18-3-5-20-21(14-18)31-15-30-20;/h1,3-5,13-14H,2,6-12,15H2,(H,24,27);1H. The van der Waals surface area contributed by atoms with Gasteiger partial charge in [-0.3, -0.25) is 14.5 Å². The lowest BCUT2D eigenvalue weighted by molar-refractivity contribution is -0.116. The molecule has 3 aliphatic heterocycles. The van der Waals surface area contributed by atoms with Gasteiger partial charge in [0.25, 0.3) is 5.91 Å². The number of carbonyl (C=O) groups excluding carboxylic acids is 2. The van der Waals surface area contributed by atoms with E-state index in [2.05, 4.69) is 10.2 Å². The summed E-state index contributed by atoms with van der Waals surface area (Å²) in [4.78, 5) is 28.6. The first kappa shape index (κ1) is 22.2. The number of hydrogen-bond acceptors (Lipinski definition) is 6. The number of anilines is 1. The Labute approximate surface area is 192 Å². The molecule has 9 heteroatoms. The van der Waals surface area contributed by atoms with Gasteiger partial charge in [-0.1, -0.05) is 0 Å². The molecule has 0 bridgehead atoms. The summed E-state index contributed by atoms with van der Waals surface area (Å²) in [7, 11) is 0. The van der Waals surface area contributed by atoms with Gasteiger partial charge >= 0.3 is 0 Å². The highest BCUT2D eigenvalue weighted by Gasteiger charge is 2.24. The van der Waals surface area contributed by atoms with Gasteiger partial charge in [0, 0.05) is 56.5 Å². The van der Waals surface area contributed by atoms with Crippen molar-refractivity contribution in [3.05, 3.63) is 47.5 Å². The van der Waals surface area contributed by atoms with Crippen molar-refractivity contribution in [1.82, 2.24) is 9.80 Å². The van der Waals surface area contributed by atoms with E-state index in [1.807, 2.05) is 35.2 Å². The normalized spacial score (nSPS) is 17.2. The Hall–Kier alpha value is -2.97. The maximum absolute atomic E-state index is 12.9. The van der Waals surface area contributed by atoms with Crippen molar-refractivity contribution in [3.63, 3.8) is 0 Å². The number of aryl methyl sites for hydroxylation is 1. The Morgan fingerprint density at radius 1 is 1.00 bits per heavy atom. The first-order valence-corrected chi connectivity index (χ1v) is 10.6.